The Labute approximate surface area is 80.8 Å². The van der Waals surface area contributed by atoms with Crippen molar-refractivity contribution >= 4 is 0 Å². The molecule has 0 amide bonds. The van der Waals surface area contributed by atoms with Crippen LogP contribution in [-0.2, 0) is 0 Å². The van der Waals surface area contributed by atoms with Crippen molar-refractivity contribution < 1.29 is 5.11 Å². The molecule has 0 aromatic heterocycles. The topological polar surface area (TPSA) is 20.2 Å². The van der Waals surface area contributed by atoms with E-state index in [0.717, 1.165) is 12.8 Å². The Morgan fingerprint density at radius 3 is 3.08 bits per heavy atom. The van der Waals surface area contributed by atoms with Crippen LogP contribution in [0.2, 0.25) is 0 Å². The molecule has 0 saturated heterocycles. The minimum Gasteiger partial charge on any atom is -0.393 e. The molecule has 13 heavy (non-hydrogen) atoms. The molecule has 1 N–H and O–H groups in total. The summed E-state index contributed by atoms with van der Waals surface area (Å²) in [5.41, 5.74) is 1.92. The molecule has 2 aliphatic carbocycles. The van der Waals surface area contributed by atoms with Crippen LogP contribution in [-0.4, -0.2) is 11.2 Å². The molecule has 1 nitrogen and oxygen atoms in total. The predicted octanol–water partition coefficient (Wildman–Crippen LogP) is 2.89. The molecule has 2 aliphatic rings. The highest BCUT2D eigenvalue weighted by Gasteiger charge is 2.42. The van der Waals surface area contributed by atoms with Gasteiger partial charge in [-0.25, -0.2) is 0 Å². The van der Waals surface area contributed by atoms with E-state index in [1.807, 2.05) is 0 Å². The summed E-state index contributed by atoms with van der Waals surface area (Å²) in [6, 6.07) is 0. The van der Waals surface area contributed by atoms with E-state index >= 15 is 0 Å². The van der Waals surface area contributed by atoms with Crippen LogP contribution in [0, 0.1) is 11.3 Å². The van der Waals surface area contributed by atoms with Crippen molar-refractivity contribution in [2.24, 2.45) is 11.3 Å². The van der Waals surface area contributed by atoms with Crippen LogP contribution in [0.5, 0.6) is 0 Å². The predicted molar refractivity (Wildman–Crippen MR) is 54.4 cm³/mol. The zero-order chi connectivity index (χ0) is 9.47. The van der Waals surface area contributed by atoms with Gasteiger partial charge in [-0.1, -0.05) is 25.0 Å². The third kappa shape index (κ3) is 1.54. The summed E-state index contributed by atoms with van der Waals surface area (Å²) in [6.07, 6.45) is 8.12. The van der Waals surface area contributed by atoms with Gasteiger partial charge < -0.3 is 5.11 Å². The highest BCUT2D eigenvalue weighted by molar-refractivity contribution is 5.12. The first-order valence-corrected chi connectivity index (χ1v) is 5.45. The second kappa shape index (κ2) is 3.13. The van der Waals surface area contributed by atoms with Crippen molar-refractivity contribution in [2.75, 3.05) is 0 Å². The number of hydrogen-bond donors (Lipinski definition) is 1. The minimum absolute atomic E-state index is 0.0388. The van der Waals surface area contributed by atoms with Crippen LogP contribution in [0.25, 0.3) is 0 Å². The Morgan fingerprint density at radius 1 is 1.54 bits per heavy atom. The Morgan fingerprint density at radius 2 is 2.31 bits per heavy atom. The monoisotopic (exact) mass is 180 g/mol. The molecule has 74 valence electrons. The van der Waals surface area contributed by atoms with Crippen molar-refractivity contribution in [3.05, 3.63) is 11.6 Å². The van der Waals surface area contributed by atoms with Crippen LogP contribution < -0.4 is 0 Å². The van der Waals surface area contributed by atoms with E-state index in [0.29, 0.717) is 11.3 Å². The van der Waals surface area contributed by atoms with Crippen molar-refractivity contribution in [1.29, 1.82) is 0 Å². The van der Waals surface area contributed by atoms with Gasteiger partial charge in [-0.2, -0.15) is 0 Å². The van der Waals surface area contributed by atoms with Gasteiger partial charge >= 0.3 is 0 Å². The average Bonchev–Trinajstić information content (AvgIpc) is 2.02. The van der Waals surface area contributed by atoms with Gasteiger partial charge in [0.05, 0.1) is 6.10 Å². The lowest BCUT2D eigenvalue weighted by Gasteiger charge is -2.46. The summed E-state index contributed by atoms with van der Waals surface area (Å²) in [5, 5.41) is 9.93. The van der Waals surface area contributed by atoms with Crippen LogP contribution >= 0.6 is 0 Å². The van der Waals surface area contributed by atoms with E-state index in [2.05, 4.69) is 19.9 Å². The number of hydrogen-bond acceptors (Lipinski definition) is 1. The number of aliphatic hydroxyl groups is 1. The molecular weight excluding hydrogens is 160 g/mol. The highest BCUT2D eigenvalue weighted by atomic mass is 16.3. The van der Waals surface area contributed by atoms with Crippen LogP contribution in [0.3, 0.4) is 0 Å². The van der Waals surface area contributed by atoms with E-state index in [4.69, 9.17) is 0 Å². The maximum absolute atomic E-state index is 9.93. The number of rotatable bonds is 0. The lowest BCUT2D eigenvalue weighted by atomic mass is 9.60. The van der Waals surface area contributed by atoms with Gasteiger partial charge in [-0.3, -0.25) is 0 Å². The number of aliphatic hydroxyl groups excluding tert-OH is 1. The molecule has 1 heteroatoms. The first-order valence-electron chi connectivity index (χ1n) is 5.45. The van der Waals surface area contributed by atoms with E-state index in [9.17, 15) is 5.11 Å². The Kier molecular flexibility index (Phi) is 2.23. The second-order valence-corrected chi connectivity index (χ2v) is 5.18. The van der Waals surface area contributed by atoms with Gasteiger partial charge in [-0.15, -0.1) is 0 Å². The van der Waals surface area contributed by atoms with Gasteiger partial charge in [0.1, 0.15) is 0 Å². The Bertz CT molecular complexity index is 231. The zero-order valence-electron chi connectivity index (χ0n) is 8.71. The lowest BCUT2D eigenvalue weighted by molar-refractivity contribution is -0.0210. The average molecular weight is 180 g/mol. The number of allylic oxidation sites excluding steroid dienone is 2. The molecule has 3 atom stereocenters. The third-order valence-corrected chi connectivity index (χ3v) is 4.01. The summed E-state index contributed by atoms with van der Waals surface area (Å²) in [6.45, 7) is 4.58. The second-order valence-electron chi connectivity index (χ2n) is 5.18. The molecule has 0 aromatic rings. The smallest absolute Gasteiger partial charge is 0.0576 e. The molecular formula is C12H20O. The lowest BCUT2D eigenvalue weighted by Crippen LogP contribution is -2.41. The summed E-state index contributed by atoms with van der Waals surface area (Å²) < 4.78 is 0. The molecule has 1 unspecified atom stereocenters. The molecule has 0 aliphatic heterocycles. The largest absolute Gasteiger partial charge is 0.393 e. The molecule has 0 aromatic carbocycles. The molecule has 0 radical (unpaired) electrons. The molecule has 2 rings (SSSR count). The Hall–Kier alpha value is -0.300. The van der Waals surface area contributed by atoms with Gasteiger partial charge in [-0.05, 0) is 43.9 Å². The highest BCUT2D eigenvalue weighted by Crippen LogP contribution is 2.49. The van der Waals surface area contributed by atoms with Gasteiger partial charge in [0.2, 0.25) is 0 Å². The van der Waals surface area contributed by atoms with E-state index in [1.54, 1.807) is 0 Å². The molecule has 1 fully saturated rings. The maximum Gasteiger partial charge on any atom is 0.0576 e. The van der Waals surface area contributed by atoms with E-state index in [1.165, 1.54) is 24.8 Å². The van der Waals surface area contributed by atoms with Gasteiger partial charge in [0, 0.05) is 0 Å². The van der Waals surface area contributed by atoms with Crippen molar-refractivity contribution in [3.8, 4) is 0 Å². The zero-order valence-corrected chi connectivity index (χ0v) is 8.71. The van der Waals surface area contributed by atoms with Crippen LogP contribution in [0.4, 0.5) is 0 Å². The van der Waals surface area contributed by atoms with E-state index < -0.39 is 0 Å². The normalized spacial score (nSPS) is 45.3. The molecule has 0 spiro atoms. The summed E-state index contributed by atoms with van der Waals surface area (Å²) in [5.74, 6) is 0.532. The molecule has 0 bridgehead atoms. The summed E-state index contributed by atoms with van der Waals surface area (Å²) in [4.78, 5) is 0. The molecule has 1 saturated carbocycles. The van der Waals surface area contributed by atoms with Crippen molar-refractivity contribution in [1.82, 2.24) is 0 Å². The standard InChI is InChI=1S/C12H20O/c1-9-5-6-10-11(13)4-3-7-12(10,2)8-9/h5,10-11,13H,3-4,6-8H2,1-2H3/t10?,11-,12+/m0/s1. The summed E-state index contributed by atoms with van der Waals surface area (Å²) in [7, 11) is 0. The molecule has 0 heterocycles. The van der Waals surface area contributed by atoms with Crippen LogP contribution in [0.15, 0.2) is 11.6 Å². The quantitative estimate of drug-likeness (QED) is 0.568. The van der Waals surface area contributed by atoms with Crippen molar-refractivity contribution in [2.45, 2.75) is 52.1 Å². The van der Waals surface area contributed by atoms with E-state index in [-0.39, 0.29) is 6.10 Å². The van der Waals surface area contributed by atoms with Crippen LogP contribution in [0.1, 0.15) is 46.0 Å². The van der Waals surface area contributed by atoms with Gasteiger partial charge in [0.15, 0.2) is 0 Å². The fourth-order valence-corrected chi connectivity index (χ4v) is 3.26. The third-order valence-electron chi connectivity index (χ3n) is 4.01. The SMILES string of the molecule is CC1=CCC2[C@@H](O)CCC[C@]2(C)C1. The number of fused-ring (bicyclic) bond motifs is 1. The fourth-order valence-electron chi connectivity index (χ4n) is 3.26. The van der Waals surface area contributed by atoms with Crippen molar-refractivity contribution in [3.63, 3.8) is 0 Å². The minimum atomic E-state index is -0.0388. The fraction of sp³-hybridized carbons (Fsp3) is 0.833. The first-order chi connectivity index (χ1) is 6.12. The first kappa shape index (κ1) is 9.26. The summed E-state index contributed by atoms with van der Waals surface area (Å²) >= 11 is 0. The Balaban J connectivity index is 2.22. The van der Waals surface area contributed by atoms with Gasteiger partial charge in [0.25, 0.3) is 0 Å². The maximum atomic E-state index is 9.93.